The van der Waals surface area contributed by atoms with Crippen molar-refractivity contribution >= 4 is 50.5 Å². The number of hydrogen-bond acceptors (Lipinski definition) is 3. The number of nitrogens with one attached hydrogen (secondary N) is 2. The fraction of sp³-hybridized carbons (Fsp3) is 0.0800. The van der Waals surface area contributed by atoms with Crippen molar-refractivity contribution in [3.05, 3.63) is 83.9 Å². The predicted octanol–water partition coefficient (Wildman–Crippen LogP) is 5.14. The molecule has 0 aliphatic rings. The number of benzene rings is 4. The summed E-state index contributed by atoms with van der Waals surface area (Å²) in [6, 6.07) is 22.0. The highest BCUT2D eigenvalue weighted by Crippen LogP contribution is 2.31. The Bertz CT molecular complexity index is 1220. The van der Waals surface area contributed by atoms with Crippen molar-refractivity contribution < 1.29 is 14.4 Å². The minimum absolute atomic E-state index is 0.119. The molecule has 0 spiro atoms. The lowest BCUT2D eigenvalue weighted by atomic mass is 9.93. The Morgan fingerprint density at radius 1 is 0.533 bits per heavy atom. The molecule has 30 heavy (non-hydrogen) atoms. The van der Waals surface area contributed by atoms with Crippen LogP contribution < -0.4 is 10.6 Å². The Morgan fingerprint density at radius 2 is 0.900 bits per heavy atom. The summed E-state index contributed by atoms with van der Waals surface area (Å²) in [5, 5.41) is 8.78. The second-order valence-corrected chi connectivity index (χ2v) is 7.10. The molecule has 0 radical (unpaired) electrons. The molecule has 0 atom stereocenters. The van der Waals surface area contributed by atoms with Crippen LogP contribution in [-0.4, -0.2) is 17.6 Å². The minimum Gasteiger partial charge on any atom is -0.326 e. The van der Waals surface area contributed by atoms with E-state index in [-0.39, 0.29) is 17.6 Å². The number of carbonyl (C=O) groups excluding carboxylic acids is 3. The molecule has 148 valence electrons. The fourth-order valence-corrected chi connectivity index (χ4v) is 3.76. The van der Waals surface area contributed by atoms with Crippen molar-refractivity contribution in [1.82, 2.24) is 0 Å². The van der Waals surface area contributed by atoms with Crippen molar-refractivity contribution in [2.45, 2.75) is 13.8 Å². The van der Waals surface area contributed by atoms with Crippen molar-refractivity contribution in [2.24, 2.45) is 0 Å². The quantitative estimate of drug-likeness (QED) is 0.469. The number of rotatable bonds is 4. The molecular weight excluding hydrogens is 376 g/mol. The van der Waals surface area contributed by atoms with Crippen LogP contribution in [0.25, 0.3) is 21.5 Å². The Kier molecular flexibility index (Phi) is 5.02. The Balaban J connectivity index is 1.88. The van der Waals surface area contributed by atoms with Gasteiger partial charge in [-0.15, -0.1) is 0 Å². The molecule has 0 aliphatic carbocycles. The summed E-state index contributed by atoms with van der Waals surface area (Å²) in [5.41, 5.74) is 2.44. The lowest BCUT2D eigenvalue weighted by molar-refractivity contribution is -0.115. The molecule has 0 saturated heterocycles. The van der Waals surface area contributed by atoms with E-state index in [1.807, 2.05) is 60.7 Å². The lowest BCUT2D eigenvalue weighted by Crippen LogP contribution is -2.08. The minimum atomic E-state index is -0.168. The number of hydrogen-bond donors (Lipinski definition) is 2. The van der Waals surface area contributed by atoms with Gasteiger partial charge in [0.2, 0.25) is 11.8 Å². The Morgan fingerprint density at radius 3 is 1.30 bits per heavy atom. The first kappa shape index (κ1) is 19.3. The first-order valence-corrected chi connectivity index (χ1v) is 9.59. The van der Waals surface area contributed by atoms with E-state index in [9.17, 15) is 14.4 Å². The molecule has 2 N–H and O–H groups in total. The van der Waals surface area contributed by atoms with Crippen LogP contribution in [0, 0.1) is 0 Å². The van der Waals surface area contributed by atoms with Gasteiger partial charge in [0.15, 0.2) is 5.78 Å². The summed E-state index contributed by atoms with van der Waals surface area (Å²) in [6.45, 7) is 2.91. The highest BCUT2D eigenvalue weighted by Gasteiger charge is 2.17. The number of carbonyl (C=O) groups is 3. The van der Waals surface area contributed by atoms with E-state index in [2.05, 4.69) is 10.6 Å². The summed E-state index contributed by atoms with van der Waals surface area (Å²) in [7, 11) is 0. The number of anilines is 2. The van der Waals surface area contributed by atoms with Crippen molar-refractivity contribution in [1.29, 1.82) is 0 Å². The number of ketones is 1. The molecule has 4 rings (SSSR count). The van der Waals surface area contributed by atoms with Gasteiger partial charge in [0.25, 0.3) is 0 Å². The standard InChI is InChI=1S/C25H20N2O3/c1-15(28)26-23-13-5-7-17-19(23)9-3-11-21(17)25(30)22-12-4-10-20-18(22)8-6-14-24(20)27-16(2)29/h3-14H,1-2H3,(H,26,28)(H,27,29). The molecule has 0 aliphatic heterocycles. The van der Waals surface area contributed by atoms with Crippen LogP contribution >= 0.6 is 0 Å². The normalized spacial score (nSPS) is 10.7. The van der Waals surface area contributed by atoms with Gasteiger partial charge in [-0.3, -0.25) is 14.4 Å². The van der Waals surface area contributed by atoms with Crippen LogP contribution in [-0.2, 0) is 9.59 Å². The van der Waals surface area contributed by atoms with Gasteiger partial charge < -0.3 is 10.6 Å². The zero-order valence-electron chi connectivity index (χ0n) is 16.7. The third-order valence-electron chi connectivity index (χ3n) is 4.95. The maximum atomic E-state index is 13.6. The summed E-state index contributed by atoms with van der Waals surface area (Å²) in [6.07, 6.45) is 0. The summed E-state index contributed by atoms with van der Waals surface area (Å²) in [4.78, 5) is 36.7. The van der Waals surface area contributed by atoms with Crippen LogP contribution in [0.5, 0.6) is 0 Å². The van der Waals surface area contributed by atoms with Crippen molar-refractivity contribution in [2.75, 3.05) is 10.6 Å². The maximum absolute atomic E-state index is 13.6. The molecule has 0 heterocycles. The van der Waals surface area contributed by atoms with Crippen LogP contribution in [0.1, 0.15) is 29.8 Å². The molecular formula is C25H20N2O3. The molecule has 5 heteroatoms. The van der Waals surface area contributed by atoms with E-state index in [0.29, 0.717) is 22.5 Å². The predicted molar refractivity (Wildman–Crippen MR) is 120 cm³/mol. The third kappa shape index (κ3) is 3.53. The van der Waals surface area contributed by atoms with Gasteiger partial charge in [-0.05, 0) is 22.9 Å². The van der Waals surface area contributed by atoms with E-state index in [1.165, 1.54) is 13.8 Å². The Labute approximate surface area is 173 Å². The van der Waals surface area contributed by atoms with Gasteiger partial charge in [0.05, 0.1) is 0 Å². The molecule has 4 aromatic rings. The van der Waals surface area contributed by atoms with Crippen molar-refractivity contribution in [3.8, 4) is 0 Å². The highest BCUT2D eigenvalue weighted by molar-refractivity contribution is 6.23. The van der Waals surface area contributed by atoms with E-state index < -0.39 is 0 Å². The average molecular weight is 396 g/mol. The second kappa shape index (κ2) is 7.79. The molecule has 0 unspecified atom stereocenters. The zero-order chi connectivity index (χ0) is 21.3. The molecule has 0 fully saturated rings. The van der Waals surface area contributed by atoms with E-state index >= 15 is 0 Å². The van der Waals surface area contributed by atoms with E-state index in [1.54, 1.807) is 12.1 Å². The van der Waals surface area contributed by atoms with Gasteiger partial charge >= 0.3 is 0 Å². The maximum Gasteiger partial charge on any atom is 0.221 e. The number of amides is 2. The van der Waals surface area contributed by atoms with Gasteiger partial charge in [0, 0.05) is 47.1 Å². The Hall–Kier alpha value is -3.99. The lowest BCUT2D eigenvalue weighted by Gasteiger charge is -2.13. The van der Waals surface area contributed by atoms with Crippen molar-refractivity contribution in [3.63, 3.8) is 0 Å². The largest absolute Gasteiger partial charge is 0.326 e. The molecule has 4 aromatic carbocycles. The monoisotopic (exact) mass is 396 g/mol. The SMILES string of the molecule is CC(=O)Nc1cccc2c(C(=O)c3cccc4c(NC(C)=O)cccc34)cccc12. The molecule has 2 amide bonds. The topological polar surface area (TPSA) is 75.3 Å². The third-order valence-corrected chi connectivity index (χ3v) is 4.95. The van der Waals surface area contributed by atoms with Gasteiger partial charge in [-0.1, -0.05) is 60.7 Å². The van der Waals surface area contributed by atoms with Crippen LogP contribution in [0.15, 0.2) is 72.8 Å². The first-order valence-electron chi connectivity index (χ1n) is 9.59. The summed E-state index contributed by atoms with van der Waals surface area (Å²) >= 11 is 0. The number of fused-ring (bicyclic) bond motifs is 2. The summed E-state index contributed by atoms with van der Waals surface area (Å²) in [5.74, 6) is -0.455. The van der Waals surface area contributed by atoms with Gasteiger partial charge in [0.1, 0.15) is 0 Å². The average Bonchev–Trinajstić information content (AvgIpc) is 2.72. The van der Waals surface area contributed by atoms with E-state index in [4.69, 9.17) is 0 Å². The highest BCUT2D eigenvalue weighted by atomic mass is 16.2. The summed E-state index contributed by atoms with van der Waals surface area (Å²) < 4.78 is 0. The van der Waals surface area contributed by atoms with Gasteiger partial charge in [-0.25, -0.2) is 0 Å². The molecule has 0 bridgehead atoms. The first-order chi connectivity index (χ1) is 14.5. The molecule has 5 nitrogen and oxygen atoms in total. The van der Waals surface area contributed by atoms with Crippen LogP contribution in [0.4, 0.5) is 11.4 Å². The molecule has 0 saturated carbocycles. The van der Waals surface area contributed by atoms with Crippen LogP contribution in [0.3, 0.4) is 0 Å². The molecule has 0 aromatic heterocycles. The zero-order valence-corrected chi connectivity index (χ0v) is 16.7. The van der Waals surface area contributed by atoms with Crippen LogP contribution in [0.2, 0.25) is 0 Å². The second-order valence-electron chi connectivity index (χ2n) is 7.10. The fourth-order valence-electron chi connectivity index (χ4n) is 3.76. The van der Waals surface area contributed by atoms with E-state index in [0.717, 1.165) is 21.5 Å². The van der Waals surface area contributed by atoms with Gasteiger partial charge in [-0.2, -0.15) is 0 Å². The smallest absolute Gasteiger partial charge is 0.221 e.